The number of hydrogen-bond acceptors (Lipinski definition) is 4. The summed E-state index contributed by atoms with van der Waals surface area (Å²) in [4.78, 5) is 13.1. The second kappa shape index (κ2) is 6.98. The van der Waals surface area contributed by atoms with Crippen molar-refractivity contribution in [1.29, 1.82) is 0 Å². The third-order valence-electron chi connectivity index (χ3n) is 3.33. The van der Waals surface area contributed by atoms with Crippen molar-refractivity contribution in [3.05, 3.63) is 46.0 Å². The number of furan rings is 1. The first kappa shape index (κ1) is 16.6. The van der Waals surface area contributed by atoms with E-state index in [0.29, 0.717) is 5.76 Å². The number of urea groups is 1. The standard InChI is InChI=1S/C16H22N2O3S/c1-11(9-13-5-4-8-22-13)18-15(19)17-10-16(3,20)14-7-6-12(2)21-14/h4-8,11,20H,9-10H2,1-3H3,(H2,17,18,19). The van der Waals surface area contributed by atoms with E-state index >= 15 is 0 Å². The van der Waals surface area contributed by atoms with Gasteiger partial charge in [0, 0.05) is 17.3 Å². The Labute approximate surface area is 134 Å². The van der Waals surface area contributed by atoms with Crippen molar-refractivity contribution < 1.29 is 14.3 Å². The van der Waals surface area contributed by atoms with Crippen LogP contribution in [0.25, 0.3) is 0 Å². The zero-order valence-corrected chi connectivity index (χ0v) is 13.9. The van der Waals surface area contributed by atoms with E-state index < -0.39 is 5.60 Å². The third-order valence-corrected chi connectivity index (χ3v) is 4.23. The van der Waals surface area contributed by atoms with Crippen molar-refractivity contribution in [2.75, 3.05) is 6.54 Å². The van der Waals surface area contributed by atoms with Gasteiger partial charge in [0.05, 0.1) is 6.54 Å². The summed E-state index contributed by atoms with van der Waals surface area (Å²) in [5, 5.41) is 17.9. The van der Waals surface area contributed by atoms with Crippen molar-refractivity contribution in [2.24, 2.45) is 0 Å². The molecule has 22 heavy (non-hydrogen) atoms. The average molecular weight is 322 g/mol. The van der Waals surface area contributed by atoms with Crippen LogP contribution in [-0.4, -0.2) is 23.7 Å². The number of carbonyl (C=O) groups is 1. The maximum Gasteiger partial charge on any atom is 0.315 e. The van der Waals surface area contributed by atoms with E-state index in [2.05, 4.69) is 10.6 Å². The highest BCUT2D eigenvalue weighted by Gasteiger charge is 2.27. The summed E-state index contributed by atoms with van der Waals surface area (Å²) in [6, 6.07) is 7.27. The topological polar surface area (TPSA) is 74.5 Å². The van der Waals surface area contributed by atoms with Crippen LogP contribution in [0.2, 0.25) is 0 Å². The van der Waals surface area contributed by atoms with Gasteiger partial charge in [-0.25, -0.2) is 4.79 Å². The molecule has 2 amide bonds. The minimum absolute atomic E-state index is 0.0226. The molecule has 0 spiro atoms. The molecule has 2 unspecified atom stereocenters. The Balaban J connectivity index is 1.79. The molecule has 0 fully saturated rings. The minimum Gasteiger partial charge on any atom is -0.463 e. The molecule has 0 saturated carbocycles. The average Bonchev–Trinajstić information content (AvgIpc) is 3.08. The van der Waals surface area contributed by atoms with Gasteiger partial charge < -0.3 is 20.2 Å². The Hall–Kier alpha value is -1.79. The second-order valence-corrected chi connectivity index (χ2v) is 6.73. The lowest BCUT2D eigenvalue weighted by Gasteiger charge is -2.22. The number of aliphatic hydroxyl groups is 1. The lowest BCUT2D eigenvalue weighted by atomic mass is 10.0. The summed E-state index contributed by atoms with van der Waals surface area (Å²) in [6.07, 6.45) is 0.791. The summed E-state index contributed by atoms with van der Waals surface area (Å²) in [7, 11) is 0. The lowest BCUT2D eigenvalue weighted by Crippen LogP contribution is -2.46. The van der Waals surface area contributed by atoms with Gasteiger partial charge in [-0.15, -0.1) is 11.3 Å². The van der Waals surface area contributed by atoms with Gasteiger partial charge in [0.15, 0.2) is 0 Å². The minimum atomic E-state index is -1.23. The molecule has 0 aliphatic heterocycles. The molecule has 0 radical (unpaired) electrons. The molecule has 2 aromatic rings. The Morgan fingerprint density at radius 3 is 2.82 bits per heavy atom. The molecule has 0 aromatic carbocycles. The molecular formula is C16H22N2O3S. The van der Waals surface area contributed by atoms with Crippen molar-refractivity contribution in [2.45, 2.75) is 38.8 Å². The van der Waals surface area contributed by atoms with Gasteiger partial charge in [0.1, 0.15) is 17.1 Å². The second-order valence-electron chi connectivity index (χ2n) is 5.70. The van der Waals surface area contributed by atoms with Crippen LogP contribution >= 0.6 is 11.3 Å². The van der Waals surface area contributed by atoms with Crippen LogP contribution in [0.1, 0.15) is 30.2 Å². The van der Waals surface area contributed by atoms with Gasteiger partial charge in [0.2, 0.25) is 0 Å². The molecule has 2 heterocycles. The van der Waals surface area contributed by atoms with Crippen molar-refractivity contribution in [1.82, 2.24) is 10.6 Å². The summed E-state index contributed by atoms with van der Waals surface area (Å²) in [5.74, 6) is 1.17. The largest absolute Gasteiger partial charge is 0.463 e. The third kappa shape index (κ3) is 4.61. The summed E-state index contributed by atoms with van der Waals surface area (Å²) in [5.41, 5.74) is -1.23. The van der Waals surface area contributed by atoms with E-state index in [1.54, 1.807) is 30.4 Å². The van der Waals surface area contributed by atoms with Crippen molar-refractivity contribution in [3.63, 3.8) is 0 Å². The Morgan fingerprint density at radius 1 is 1.45 bits per heavy atom. The fourth-order valence-corrected chi connectivity index (χ4v) is 2.96. The molecule has 120 valence electrons. The number of nitrogens with one attached hydrogen (secondary N) is 2. The molecule has 0 aliphatic rings. The van der Waals surface area contributed by atoms with Gasteiger partial charge >= 0.3 is 6.03 Å². The van der Waals surface area contributed by atoms with Gasteiger partial charge in [-0.1, -0.05) is 6.07 Å². The zero-order valence-electron chi connectivity index (χ0n) is 13.1. The summed E-state index contributed by atoms with van der Waals surface area (Å²) < 4.78 is 5.41. The number of carbonyl (C=O) groups excluding carboxylic acids is 1. The van der Waals surface area contributed by atoms with Gasteiger partial charge in [-0.05, 0) is 44.4 Å². The first-order valence-corrected chi connectivity index (χ1v) is 8.11. The number of aryl methyl sites for hydroxylation is 1. The lowest BCUT2D eigenvalue weighted by molar-refractivity contribution is 0.0359. The maximum atomic E-state index is 11.9. The fraction of sp³-hybridized carbons (Fsp3) is 0.438. The number of hydrogen-bond donors (Lipinski definition) is 3. The smallest absolute Gasteiger partial charge is 0.315 e. The van der Waals surface area contributed by atoms with Crippen molar-refractivity contribution in [3.8, 4) is 0 Å². The van der Waals surface area contributed by atoms with E-state index in [1.807, 2.05) is 31.4 Å². The molecule has 0 bridgehead atoms. The molecule has 2 aromatic heterocycles. The SMILES string of the molecule is Cc1ccc(C(C)(O)CNC(=O)NC(C)Cc2cccs2)o1. The molecule has 0 aliphatic carbocycles. The van der Waals surface area contributed by atoms with E-state index in [0.717, 1.165) is 12.2 Å². The van der Waals surface area contributed by atoms with Gasteiger partial charge in [-0.2, -0.15) is 0 Å². The molecule has 5 nitrogen and oxygen atoms in total. The molecule has 6 heteroatoms. The zero-order chi connectivity index (χ0) is 16.2. The molecular weight excluding hydrogens is 300 g/mol. The van der Waals surface area contributed by atoms with Crippen LogP contribution in [0.5, 0.6) is 0 Å². The van der Waals surface area contributed by atoms with Gasteiger partial charge in [0.25, 0.3) is 0 Å². The van der Waals surface area contributed by atoms with Crippen LogP contribution in [0.4, 0.5) is 4.79 Å². The molecule has 3 N–H and O–H groups in total. The van der Waals surface area contributed by atoms with E-state index in [9.17, 15) is 9.90 Å². The Morgan fingerprint density at radius 2 is 2.23 bits per heavy atom. The molecule has 0 saturated heterocycles. The van der Waals surface area contributed by atoms with Crippen LogP contribution < -0.4 is 10.6 Å². The summed E-state index contributed by atoms with van der Waals surface area (Å²) >= 11 is 1.67. The predicted octanol–water partition coefficient (Wildman–Crippen LogP) is 2.79. The van der Waals surface area contributed by atoms with Crippen LogP contribution in [0.15, 0.2) is 34.1 Å². The predicted molar refractivity (Wildman–Crippen MR) is 87.0 cm³/mol. The van der Waals surface area contributed by atoms with Crippen molar-refractivity contribution >= 4 is 17.4 Å². The first-order chi connectivity index (χ1) is 10.4. The Kier molecular flexibility index (Phi) is 5.26. The van der Waals surface area contributed by atoms with E-state index in [-0.39, 0.29) is 18.6 Å². The number of rotatable bonds is 6. The highest BCUT2D eigenvalue weighted by Crippen LogP contribution is 2.21. The van der Waals surface area contributed by atoms with Crippen LogP contribution in [0, 0.1) is 6.92 Å². The normalized spacial score (nSPS) is 15.1. The number of thiophene rings is 1. The quantitative estimate of drug-likeness (QED) is 0.765. The van der Waals surface area contributed by atoms with E-state index in [4.69, 9.17) is 4.42 Å². The molecule has 2 rings (SSSR count). The highest BCUT2D eigenvalue weighted by molar-refractivity contribution is 7.09. The van der Waals surface area contributed by atoms with Gasteiger partial charge in [-0.3, -0.25) is 0 Å². The number of amides is 2. The summed E-state index contributed by atoms with van der Waals surface area (Å²) in [6.45, 7) is 5.46. The Bertz CT molecular complexity index is 605. The highest BCUT2D eigenvalue weighted by atomic mass is 32.1. The fourth-order valence-electron chi connectivity index (χ4n) is 2.12. The monoisotopic (exact) mass is 322 g/mol. The molecule has 2 atom stereocenters. The van der Waals surface area contributed by atoms with Crippen LogP contribution in [0.3, 0.4) is 0 Å². The first-order valence-electron chi connectivity index (χ1n) is 7.23. The van der Waals surface area contributed by atoms with Crippen LogP contribution in [-0.2, 0) is 12.0 Å². The van der Waals surface area contributed by atoms with E-state index in [1.165, 1.54) is 4.88 Å². The maximum absolute atomic E-state index is 11.9.